The van der Waals surface area contributed by atoms with E-state index in [9.17, 15) is 9.90 Å². The van der Waals surface area contributed by atoms with Crippen LogP contribution >= 0.6 is 0 Å². The van der Waals surface area contributed by atoms with Gasteiger partial charge < -0.3 is 10.1 Å². The summed E-state index contributed by atoms with van der Waals surface area (Å²) in [5.41, 5.74) is 1.44. The summed E-state index contributed by atoms with van der Waals surface area (Å²) in [6.07, 6.45) is 5.09. The number of hydrogen-bond donors (Lipinski definition) is 2. The lowest BCUT2D eigenvalue weighted by Crippen LogP contribution is -2.28. The van der Waals surface area contributed by atoms with Crippen LogP contribution in [0.25, 0.3) is 12.2 Å². The molecule has 1 heterocycles. The highest BCUT2D eigenvalue weighted by atomic mass is 16.3. The van der Waals surface area contributed by atoms with Gasteiger partial charge in [0.15, 0.2) is 0 Å². The first-order chi connectivity index (χ1) is 8.61. The molecule has 0 atom stereocenters. The van der Waals surface area contributed by atoms with Gasteiger partial charge >= 0.3 is 0 Å². The fraction of sp³-hybridized carbons (Fsp3) is 0.0714. The molecular formula is C14H14N2O2. The number of allylic oxidation sites excluding steroid dienone is 1. The highest BCUT2D eigenvalue weighted by molar-refractivity contribution is 5.49. The number of nitrogens with zero attached hydrogens (tertiary/aromatic N) is 1. The molecule has 1 aromatic carbocycles. The summed E-state index contributed by atoms with van der Waals surface area (Å²) in [7, 11) is 1.70. The Balaban J connectivity index is 2.62. The van der Waals surface area contributed by atoms with Crippen molar-refractivity contribution in [3.05, 3.63) is 63.7 Å². The van der Waals surface area contributed by atoms with Crippen molar-refractivity contribution < 1.29 is 5.11 Å². The van der Waals surface area contributed by atoms with Gasteiger partial charge in [0.2, 0.25) is 0 Å². The molecule has 0 amide bonds. The highest BCUT2D eigenvalue weighted by Crippen LogP contribution is 2.09. The lowest BCUT2D eigenvalue weighted by molar-refractivity contribution is 0.475. The van der Waals surface area contributed by atoms with Crippen LogP contribution in [0.5, 0.6) is 5.75 Å². The van der Waals surface area contributed by atoms with E-state index in [2.05, 4.69) is 11.6 Å². The minimum absolute atomic E-state index is 0.101. The van der Waals surface area contributed by atoms with Crippen molar-refractivity contribution in [1.82, 2.24) is 9.55 Å². The maximum atomic E-state index is 11.9. The number of aromatic nitrogens is 2. The molecule has 0 saturated heterocycles. The molecule has 0 saturated carbocycles. The maximum absolute atomic E-state index is 11.9. The van der Waals surface area contributed by atoms with Crippen LogP contribution in [0.15, 0.2) is 41.7 Å². The third-order valence-corrected chi connectivity index (χ3v) is 2.64. The van der Waals surface area contributed by atoms with Gasteiger partial charge in [-0.05, 0) is 29.8 Å². The Labute approximate surface area is 104 Å². The molecule has 0 aliphatic carbocycles. The fourth-order valence-electron chi connectivity index (χ4n) is 1.67. The number of nitrogens with one attached hydrogen (secondary N) is 1. The molecule has 4 nitrogen and oxygen atoms in total. The van der Waals surface area contributed by atoms with Crippen LogP contribution in [-0.4, -0.2) is 14.7 Å². The largest absolute Gasteiger partial charge is 0.508 e. The first-order valence-electron chi connectivity index (χ1n) is 5.50. The number of rotatable bonds is 2. The second-order valence-corrected chi connectivity index (χ2v) is 3.93. The van der Waals surface area contributed by atoms with Crippen LogP contribution in [0.1, 0.15) is 5.56 Å². The summed E-state index contributed by atoms with van der Waals surface area (Å²) in [6.45, 7) is 3.60. The Bertz CT molecular complexity index is 734. The zero-order valence-electron chi connectivity index (χ0n) is 10.1. The normalized spacial score (nSPS) is 12.9. The standard InChI is InChI=1S/C14H14N2O2/c1-3-4-13-15-12(14(18)16(13)2)9-10-5-7-11(17)8-6-10/h3-9,15,17H,1H2,2H3. The number of benzene rings is 1. The van der Waals surface area contributed by atoms with Crippen molar-refractivity contribution in [2.24, 2.45) is 7.05 Å². The Morgan fingerprint density at radius 3 is 2.61 bits per heavy atom. The lowest BCUT2D eigenvalue weighted by Gasteiger charge is -1.92. The van der Waals surface area contributed by atoms with Crippen molar-refractivity contribution in [2.45, 2.75) is 0 Å². The summed E-state index contributed by atoms with van der Waals surface area (Å²) in [5, 5.41) is 9.69. The molecule has 92 valence electrons. The van der Waals surface area contributed by atoms with E-state index in [0.29, 0.717) is 10.8 Å². The number of hydrogen-bond acceptors (Lipinski definition) is 2. The maximum Gasteiger partial charge on any atom is 0.275 e. The van der Waals surface area contributed by atoms with Gasteiger partial charge in [-0.3, -0.25) is 9.36 Å². The van der Waals surface area contributed by atoms with E-state index >= 15 is 0 Å². The summed E-state index contributed by atoms with van der Waals surface area (Å²) in [6, 6.07) is 6.64. The van der Waals surface area contributed by atoms with Crippen LogP contribution < -0.4 is 16.4 Å². The molecule has 2 N–H and O–H groups in total. The van der Waals surface area contributed by atoms with E-state index in [4.69, 9.17) is 0 Å². The summed E-state index contributed by atoms with van der Waals surface area (Å²) < 4.78 is 1.52. The van der Waals surface area contributed by atoms with Gasteiger partial charge in [-0.2, -0.15) is 0 Å². The Morgan fingerprint density at radius 1 is 1.33 bits per heavy atom. The van der Waals surface area contributed by atoms with Crippen LogP contribution in [0.3, 0.4) is 0 Å². The molecule has 0 fully saturated rings. The van der Waals surface area contributed by atoms with E-state index in [-0.39, 0.29) is 11.3 Å². The van der Waals surface area contributed by atoms with Crippen LogP contribution in [0, 0.1) is 0 Å². The van der Waals surface area contributed by atoms with Crippen LogP contribution in [0.2, 0.25) is 0 Å². The predicted octanol–water partition coefficient (Wildman–Crippen LogP) is 0.214. The topological polar surface area (TPSA) is 58.0 Å². The van der Waals surface area contributed by atoms with Gasteiger partial charge in [0.05, 0.1) is 0 Å². The minimum Gasteiger partial charge on any atom is -0.508 e. The van der Waals surface area contributed by atoms with E-state index in [1.807, 2.05) is 0 Å². The van der Waals surface area contributed by atoms with Crippen molar-refractivity contribution in [3.63, 3.8) is 0 Å². The molecule has 1 aromatic heterocycles. The van der Waals surface area contributed by atoms with Gasteiger partial charge in [0, 0.05) is 7.05 Å². The van der Waals surface area contributed by atoms with Gasteiger partial charge in [-0.1, -0.05) is 24.8 Å². The molecule has 0 bridgehead atoms. The fourth-order valence-corrected chi connectivity index (χ4v) is 1.67. The monoisotopic (exact) mass is 242 g/mol. The van der Waals surface area contributed by atoms with Crippen molar-refractivity contribution in [2.75, 3.05) is 0 Å². The van der Waals surface area contributed by atoms with Gasteiger partial charge in [-0.15, -0.1) is 0 Å². The van der Waals surface area contributed by atoms with Gasteiger partial charge in [0.25, 0.3) is 5.56 Å². The molecule has 2 rings (SSSR count). The van der Waals surface area contributed by atoms with Crippen LogP contribution in [-0.2, 0) is 7.05 Å². The van der Waals surface area contributed by atoms with Crippen LogP contribution in [0.4, 0.5) is 0 Å². The van der Waals surface area contributed by atoms with E-state index in [0.717, 1.165) is 5.56 Å². The van der Waals surface area contributed by atoms with Crippen molar-refractivity contribution in [1.29, 1.82) is 0 Å². The molecule has 0 spiro atoms. The molecule has 18 heavy (non-hydrogen) atoms. The number of phenols is 1. The quantitative estimate of drug-likeness (QED) is 0.791. The molecule has 0 unspecified atom stereocenters. The second-order valence-electron chi connectivity index (χ2n) is 3.93. The Morgan fingerprint density at radius 2 is 2.00 bits per heavy atom. The summed E-state index contributed by atoms with van der Waals surface area (Å²) >= 11 is 0. The Kier molecular flexibility index (Phi) is 3.19. The molecular weight excluding hydrogens is 228 g/mol. The second kappa shape index (κ2) is 4.79. The average Bonchev–Trinajstić information content (AvgIpc) is 2.61. The Hall–Kier alpha value is -2.49. The van der Waals surface area contributed by atoms with E-state index in [1.54, 1.807) is 49.5 Å². The summed E-state index contributed by atoms with van der Waals surface area (Å²) in [4.78, 5) is 15.0. The SMILES string of the molecule is C=CC=c1[nH]c(=Cc2ccc(O)cc2)c(=O)n1C. The third kappa shape index (κ3) is 2.27. The molecule has 0 aliphatic heterocycles. The zero-order valence-corrected chi connectivity index (χ0v) is 10.1. The number of aromatic hydroxyl groups is 1. The van der Waals surface area contributed by atoms with Crippen molar-refractivity contribution in [3.8, 4) is 5.75 Å². The van der Waals surface area contributed by atoms with E-state index < -0.39 is 0 Å². The average molecular weight is 242 g/mol. The number of H-pyrrole nitrogens is 1. The highest BCUT2D eigenvalue weighted by Gasteiger charge is 1.98. The molecule has 0 radical (unpaired) electrons. The first kappa shape index (κ1) is 12.0. The van der Waals surface area contributed by atoms with Gasteiger partial charge in [-0.25, -0.2) is 0 Å². The van der Waals surface area contributed by atoms with Crippen molar-refractivity contribution >= 4 is 12.2 Å². The van der Waals surface area contributed by atoms with E-state index in [1.165, 1.54) is 4.57 Å². The number of imidazole rings is 1. The third-order valence-electron chi connectivity index (χ3n) is 2.64. The lowest BCUT2D eigenvalue weighted by atomic mass is 10.2. The molecule has 2 aromatic rings. The summed E-state index contributed by atoms with van der Waals surface area (Å²) in [5.74, 6) is 0.201. The van der Waals surface area contributed by atoms with Gasteiger partial charge in [0.1, 0.15) is 16.6 Å². The minimum atomic E-state index is -0.101. The smallest absolute Gasteiger partial charge is 0.275 e. The zero-order chi connectivity index (χ0) is 13.1. The first-order valence-corrected chi connectivity index (χ1v) is 5.50. The molecule has 4 heteroatoms. The molecule has 0 aliphatic rings. The number of phenolic OH excluding ortho intramolecular Hbond substituents is 1. The number of aromatic amines is 1. The predicted molar refractivity (Wildman–Crippen MR) is 71.6 cm³/mol.